The van der Waals surface area contributed by atoms with E-state index in [4.69, 9.17) is 18.5 Å². The molecule has 1 aromatic heterocycles. The minimum absolute atomic E-state index is 0.108. The standard InChI is InChI=1S/C37H44BFN2O7S/c1-36(2)37(3,4)48-38(47-36)20-25(23-45-22-24-10-8-7-9-11-24)21-41(49(6,43)44)31-19-32-30(18-29(31)26-12-13-26)33(35(42)40-5)34(46-32)27-14-16-28(39)17-15-27/h7-11,14-19,25-26H,12-13,20-23H2,1-6H3,(H,40,42). The first-order valence-electron chi connectivity index (χ1n) is 16.7. The average Bonchev–Trinajstić information content (AvgIpc) is 3.78. The highest BCUT2D eigenvalue weighted by Gasteiger charge is 2.51. The quantitative estimate of drug-likeness (QED) is 0.148. The molecule has 260 valence electrons. The maximum atomic E-state index is 13.8. The van der Waals surface area contributed by atoms with E-state index in [1.807, 2.05) is 64.1 Å². The highest BCUT2D eigenvalue weighted by atomic mass is 32.2. The molecule has 1 unspecified atom stereocenters. The molecule has 2 heterocycles. The molecular weight excluding hydrogens is 646 g/mol. The molecule has 12 heteroatoms. The number of nitrogens with zero attached hydrogens (tertiary/aromatic N) is 1. The first-order valence-corrected chi connectivity index (χ1v) is 18.5. The van der Waals surface area contributed by atoms with Crippen molar-refractivity contribution >= 4 is 39.7 Å². The number of carbonyl (C=O) groups excluding carboxylic acids is 1. The van der Waals surface area contributed by atoms with Crippen LogP contribution in [0, 0.1) is 11.7 Å². The fourth-order valence-electron chi connectivity index (χ4n) is 6.33. The molecule has 4 aromatic rings. The number of furan rings is 1. The number of ether oxygens (including phenoxy) is 1. The Kier molecular flexibility index (Phi) is 9.71. The summed E-state index contributed by atoms with van der Waals surface area (Å²) in [5.41, 5.74) is 2.46. The molecule has 3 aromatic carbocycles. The smallest absolute Gasteiger partial charge is 0.455 e. The van der Waals surface area contributed by atoms with Gasteiger partial charge in [0.1, 0.15) is 17.2 Å². The topological polar surface area (TPSA) is 107 Å². The van der Waals surface area contributed by atoms with Gasteiger partial charge in [0.05, 0.1) is 41.9 Å². The lowest BCUT2D eigenvalue weighted by Crippen LogP contribution is -2.41. The summed E-state index contributed by atoms with van der Waals surface area (Å²) in [5.74, 6) is -0.658. The molecular formula is C37H44BFN2O7S. The van der Waals surface area contributed by atoms with Gasteiger partial charge in [0.15, 0.2) is 0 Å². The van der Waals surface area contributed by atoms with Crippen molar-refractivity contribution < 1.29 is 36.1 Å². The molecule has 1 aliphatic carbocycles. The first kappa shape index (κ1) is 35.1. The monoisotopic (exact) mass is 690 g/mol. The fraction of sp³-hybridized carbons (Fsp3) is 0.432. The number of rotatable bonds is 13. The van der Waals surface area contributed by atoms with Crippen molar-refractivity contribution in [1.82, 2.24) is 5.32 Å². The molecule has 1 aliphatic heterocycles. The van der Waals surface area contributed by atoms with Gasteiger partial charge >= 0.3 is 7.12 Å². The summed E-state index contributed by atoms with van der Waals surface area (Å²) in [6.45, 7) is 8.71. The molecule has 1 saturated carbocycles. The molecule has 0 radical (unpaired) electrons. The molecule has 49 heavy (non-hydrogen) atoms. The summed E-state index contributed by atoms with van der Waals surface area (Å²) in [5, 5.41) is 3.26. The van der Waals surface area contributed by atoms with E-state index >= 15 is 0 Å². The number of nitrogens with one attached hydrogen (secondary N) is 1. The lowest BCUT2D eigenvalue weighted by molar-refractivity contribution is 0.00578. The van der Waals surface area contributed by atoms with E-state index in [2.05, 4.69) is 5.32 Å². The highest BCUT2D eigenvalue weighted by molar-refractivity contribution is 7.92. The third-order valence-electron chi connectivity index (χ3n) is 9.80. The van der Waals surface area contributed by atoms with Gasteiger partial charge in [-0.25, -0.2) is 12.8 Å². The summed E-state index contributed by atoms with van der Waals surface area (Å²) < 4.78 is 67.8. The zero-order chi connectivity index (χ0) is 35.1. The van der Waals surface area contributed by atoms with Crippen LogP contribution in [0.15, 0.2) is 71.1 Å². The predicted molar refractivity (Wildman–Crippen MR) is 190 cm³/mol. The predicted octanol–water partition coefficient (Wildman–Crippen LogP) is 7.17. The van der Waals surface area contributed by atoms with Crippen molar-refractivity contribution in [2.75, 3.05) is 30.8 Å². The van der Waals surface area contributed by atoms with Crippen molar-refractivity contribution in [2.45, 2.75) is 70.6 Å². The molecule has 1 saturated heterocycles. The van der Waals surface area contributed by atoms with Crippen molar-refractivity contribution in [3.05, 3.63) is 89.2 Å². The highest BCUT2D eigenvalue weighted by Crippen LogP contribution is 2.48. The Hall–Kier alpha value is -3.71. The van der Waals surface area contributed by atoms with Crippen molar-refractivity contribution in [3.63, 3.8) is 0 Å². The van der Waals surface area contributed by atoms with Gasteiger partial charge < -0.3 is 23.8 Å². The molecule has 2 fully saturated rings. The second kappa shape index (κ2) is 13.5. The number of fused-ring (bicyclic) bond motifs is 1. The van der Waals surface area contributed by atoms with Crippen LogP contribution in [-0.2, 0) is 30.7 Å². The van der Waals surface area contributed by atoms with Crippen LogP contribution in [0.4, 0.5) is 10.1 Å². The molecule has 9 nitrogen and oxygen atoms in total. The van der Waals surface area contributed by atoms with E-state index in [0.29, 0.717) is 40.7 Å². The summed E-state index contributed by atoms with van der Waals surface area (Å²) >= 11 is 0. The van der Waals surface area contributed by atoms with Crippen LogP contribution in [0.2, 0.25) is 6.32 Å². The number of hydrogen-bond donors (Lipinski definition) is 1. The largest absolute Gasteiger partial charge is 0.458 e. The minimum Gasteiger partial charge on any atom is -0.455 e. The van der Waals surface area contributed by atoms with Gasteiger partial charge in [0.25, 0.3) is 5.91 Å². The number of carbonyl (C=O) groups is 1. The number of halogens is 1. The summed E-state index contributed by atoms with van der Waals surface area (Å²) in [6.07, 6.45) is 3.40. The number of amides is 1. The van der Waals surface area contributed by atoms with Gasteiger partial charge in [-0.3, -0.25) is 9.10 Å². The number of hydrogen-bond acceptors (Lipinski definition) is 7. The Labute approximate surface area is 288 Å². The molecule has 2 aliphatic rings. The number of sulfonamides is 1. The average molecular weight is 691 g/mol. The van der Waals surface area contributed by atoms with Gasteiger partial charge in [-0.1, -0.05) is 30.3 Å². The molecule has 0 bridgehead atoms. The maximum Gasteiger partial charge on any atom is 0.458 e. The van der Waals surface area contributed by atoms with Gasteiger partial charge in [0, 0.05) is 30.6 Å². The fourth-order valence-corrected chi connectivity index (χ4v) is 7.33. The van der Waals surface area contributed by atoms with Gasteiger partial charge in [-0.05, 0) is 100 Å². The summed E-state index contributed by atoms with van der Waals surface area (Å²) in [4.78, 5) is 13.2. The van der Waals surface area contributed by atoms with Crippen molar-refractivity contribution in [2.24, 2.45) is 5.92 Å². The normalized spacial score (nSPS) is 17.7. The van der Waals surface area contributed by atoms with Gasteiger partial charge in [-0.15, -0.1) is 0 Å². The molecule has 0 spiro atoms. The van der Waals surface area contributed by atoms with Crippen LogP contribution in [0.5, 0.6) is 0 Å². The first-order chi connectivity index (χ1) is 23.2. The molecule has 1 amide bonds. The Morgan fingerprint density at radius 3 is 2.29 bits per heavy atom. The van der Waals surface area contributed by atoms with E-state index in [-0.39, 0.29) is 36.7 Å². The summed E-state index contributed by atoms with van der Waals surface area (Å²) in [7, 11) is -2.83. The van der Waals surface area contributed by atoms with Crippen LogP contribution in [0.1, 0.15) is 67.9 Å². The second-order valence-electron chi connectivity index (χ2n) is 14.2. The zero-order valence-electron chi connectivity index (χ0n) is 28.9. The van der Waals surface area contributed by atoms with Gasteiger partial charge in [-0.2, -0.15) is 0 Å². The van der Waals surface area contributed by atoms with Crippen LogP contribution in [0.25, 0.3) is 22.3 Å². The zero-order valence-corrected chi connectivity index (χ0v) is 29.7. The van der Waals surface area contributed by atoms with E-state index in [1.165, 1.54) is 29.7 Å². The van der Waals surface area contributed by atoms with E-state index in [0.717, 1.165) is 24.0 Å². The number of anilines is 1. The van der Waals surface area contributed by atoms with Crippen molar-refractivity contribution in [1.29, 1.82) is 0 Å². The molecule has 1 N–H and O–H groups in total. The SMILES string of the molecule is CNC(=O)c1c(-c2ccc(F)cc2)oc2cc(N(CC(COCc3ccccc3)CB3OC(C)(C)C(C)(C)O3)S(C)(=O)=O)c(C3CC3)cc12. The van der Waals surface area contributed by atoms with E-state index < -0.39 is 34.2 Å². The molecule has 6 rings (SSSR count). The molecule has 1 atom stereocenters. The second-order valence-corrected chi connectivity index (χ2v) is 16.1. The van der Waals surface area contributed by atoms with Crippen LogP contribution < -0.4 is 9.62 Å². The van der Waals surface area contributed by atoms with Gasteiger partial charge in [0.2, 0.25) is 10.0 Å². The Morgan fingerprint density at radius 2 is 1.69 bits per heavy atom. The van der Waals surface area contributed by atoms with Crippen LogP contribution in [-0.4, -0.2) is 59.1 Å². The lowest BCUT2D eigenvalue weighted by atomic mass is 9.77. The third-order valence-corrected chi connectivity index (χ3v) is 10.9. The third kappa shape index (κ3) is 7.57. The lowest BCUT2D eigenvalue weighted by Gasteiger charge is -2.32. The van der Waals surface area contributed by atoms with Crippen LogP contribution >= 0.6 is 0 Å². The van der Waals surface area contributed by atoms with Crippen molar-refractivity contribution in [3.8, 4) is 11.3 Å². The van der Waals surface area contributed by atoms with E-state index in [1.54, 1.807) is 18.2 Å². The maximum absolute atomic E-state index is 13.8. The Balaban J connectivity index is 1.39. The minimum atomic E-state index is -3.81. The number of benzene rings is 3. The van der Waals surface area contributed by atoms with E-state index in [9.17, 15) is 17.6 Å². The Bertz CT molecular complexity index is 1910. The Morgan fingerprint density at radius 1 is 1.04 bits per heavy atom. The summed E-state index contributed by atoms with van der Waals surface area (Å²) in [6, 6.07) is 19.2. The van der Waals surface area contributed by atoms with Crippen LogP contribution in [0.3, 0.4) is 0 Å².